The second kappa shape index (κ2) is 28.9. The van der Waals surface area contributed by atoms with Gasteiger partial charge in [-0.05, 0) is 153 Å². The topological polar surface area (TPSA) is 35.9 Å². The van der Waals surface area contributed by atoms with Crippen LogP contribution in [-0.2, 0) is 21.1 Å². The van der Waals surface area contributed by atoms with Crippen molar-refractivity contribution in [1.29, 1.82) is 0 Å². The number of ether oxygens (including phenoxy) is 1. The zero-order valence-corrected chi connectivity index (χ0v) is 58.8. The summed E-state index contributed by atoms with van der Waals surface area (Å²) in [7, 11) is -14.6. The number of rotatable bonds is 17. The molecule has 8 heteroatoms. The summed E-state index contributed by atoms with van der Waals surface area (Å²) >= 11 is 0. The van der Waals surface area contributed by atoms with Gasteiger partial charge in [0.15, 0.2) is 16.1 Å². The molecule has 0 aliphatic heterocycles. The average molecular weight is 1640 g/mol. The summed E-state index contributed by atoms with van der Waals surface area (Å²) in [4.78, 5) is 4.66. The summed E-state index contributed by atoms with van der Waals surface area (Å²) < 4.78 is 522. The zero-order valence-electron chi connectivity index (χ0n) is 107. The van der Waals surface area contributed by atoms with Crippen LogP contribution in [-0.4, -0.2) is 30.3 Å². The molecule has 5 nitrogen and oxygen atoms in total. The molecule has 0 bridgehead atoms. The fourth-order valence-electron chi connectivity index (χ4n) is 13.2. The van der Waals surface area contributed by atoms with Gasteiger partial charge in [0.2, 0.25) is 0 Å². The number of para-hydroxylation sites is 1. The molecule has 0 spiro atoms. The van der Waals surface area contributed by atoms with Crippen molar-refractivity contribution in [3.63, 3.8) is 0 Å². The molecular weight excluding hydrogens is 1510 g/mol. The fraction of sp³-hybridized carbons (Fsp3) is 0.0303. The summed E-state index contributed by atoms with van der Waals surface area (Å²) in [5.41, 5.74) is -11.2. The van der Waals surface area contributed by atoms with Crippen LogP contribution >= 0.6 is 0 Å². The summed E-state index contributed by atoms with van der Waals surface area (Å²) in [6.07, 6.45) is 4.13. The van der Waals surface area contributed by atoms with Gasteiger partial charge in [-0.25, -0.2) is 4.98 Å². The van der Waals surface area contributed by atoms with Crippen molar-refractivity contribution >= 4 is 90.5 Å². The number of hydrogen-bond acceptors (Lipinski definition) is 2. The standard InChI is InChI=1S/C99H72N4OSi2.Pt/c1-70-33-30-34-71(2)98(70)76-57-60-93-95(64-76)101(78-40-32-41-79(66-78)104-80-58-59-89-88-55-28-29-56-92(88)103(94(89)67-80)97-61-72(3)91(68-100-97)74-37-14-5-15-38-74)69-102(93)99-90(75-39-31-54-87(62-75)105(81-42-16-6-17-43-81,82-44-18-7-19-45-82)83-46-20-8-21-47-83)63-77(73-35-12-4-13-36-73)65-96(99)106(84-48-22-9-23-49-84,85-50-24-10-25-51-85)86-52-26-11-27-53-86;/h4-65,68H,1-3H3;/q-2;/i1D3,2D3,3D3,4D,5D,6D,7D,8D,9D,10D,11D,12D,13D,14D,15D,16D,17D,18D,19D,20D,21D,22D,23D,24D,25D,26D,27D,31D,35D,36D,37D,38D,39D,42D,43D,44D,45D,46D,47D,48D,49D,50D,51D,52D,53D,54D,62D;. The van der Waals surface area contributed by atoms with Crippen LogP contribution in [0, 0.1) is 39.0 Å². The number of imidazole rings is 1. The molecule has 0 unspecified atom stereocenters. The Hall–Kier alpha value is -12.4. The van der Waals surface area contributed by atoms with Crippen LogP contribution in [0.2, 0.25) is 0 Å². The van der Waals surface area contributed by atoms with E-state index in [1.807, 2.05) is 0 Å². The van der Waals surface area contributed by atoms with E-state index in [0.29, 0.717) is 28.4 Å². The predicted octanol–water partition coefficient (Wildman–Crippen LogP) is 17.9. The second-order valence-electron chi connectivity index (χ2n) is 23.4. The van der Waals surface area contributed by atoms with E-state index in [2.05, 4.69) is 23.4 Å². The Morgan fingerprint density at radius 3 is 1.51 bits per heavy atom. The molecule has 3 aromatic heterocycles. The molecule has 0 radical (unpaired) electrons. The van der Waals surface area contributed by atoms with E-state index in [0.717, 1.165) is 57.8 Å². The van der Waals surface area contributed by atoms with Gasteiger partial charge in [-0.15, -0.1) is 29.7 Å². The monoisotopic (exact) mass is 1640 g/mol. The Morgan fingerprint density at radius 1 is 0.402 bits per heavy atom. The number of nitrogens with zero attached hydrogens (tertiary/aromatic N) is 4. The van der Waals surface area contributed by atoms with Crippen molar-refractivity contribution in [1.82, 2.24) is 14.1 Å². The van der Waals surface area contributed by atoms with Gasteiger partial charge in [0.25, 0.3) is 6.33 Å². The molecule has 0 aliphatic carbocycles. The molecule has 15 aromatic carbocycles. The molecule has 107 heavy (non-hydrogen) atoms. The Bertz CT molecular complexity index is 8890. The van der Waals surface area contributed by atoms with Gasteiger partial charge in [-0.2, -0.15) is 18.2 Å². The fourth-order valence-corrected chi connectivity index (χ4v) is 20.8. The van der Waals surface area contributed by atoms with Gasteiger partial charge in [0.05, 0.1) is 77.0 Å². The van der Waals surface area contributed by atoms with Crippen molar-refractivity contribution < 1.29 is 103 Å². The first kappa shape index (κ1) is 31.0. The number of hydrogen-bond donors (Lipinski definition) is 0. The van der Waals surface area contributed by atoms with Crippen LogP contribution < -0.4 is 50.8 Å². The molecule has 18 aromatic rings. The van der Waals surface area contributed by atoms with E-state index in [1.54, 1.807) is 30.3 Å². The largest absolute Gasteiger partial charge is 0.510 e. The Morgan fingerprint density at radius 2 is 0.925 bits per heavy atom. The Labute approximate surface area is 716 Å². The van der Waals surface area contributed by atoms with E-state index >= 15 is 0 Å². The van der Waals surface area contributed by atoms with Crippen molar-refractivity contribution in [3.05, 3.63) is 416 Å². The number of pyridine rings is 1. The maximum atomic E-state index is 11.7. The van der Waals surface area contributed by atoms with E-state index < -0.39 is 417 Å². The van der Waals surface area contributed by atoms with Crippen LogP contribution in [0.5, 0.6) is 11.5 Å². The minimum Gasteiger partial charge on any atom is -0.510 e. The van der Waals surface area contributed by atoms with Gasteiger partial charge in [-0.3, -0.25) is 4.57 Å². The van der Waals surface area contributed by atoms with Crippen LogP contribution in [0.4, 0.5) is 0 Å². The molecule has 0 saturated heterocycles. The smallest absolute Gasteiger partial charge is 0.268 e. The summed E-state index contributed by atoms with van der Waals surface area (Å²) in [5.74, 6) is -0.782. The third kappa shape index (κ3) is 12.0. The van der Waals surface area contributed by atoms with Crippen LogP contribution in [0.25, 0.3) is 94.5 Å². The molecule has 0 amide bonds. The molecular formula is C99H72N4OPtSi2-2. The molecule has 0 saturated carbocycles. The number of fused-ring (bicyclic) bond motifs is 4. The average Bonchev–Trinajstić information content (AvgIpc) is 0.842. The third-order valence-electron chi connectivity index (χ3n) is 17.7. The van der Waals surface area contributed by atoms with E-state index in [1.165, 1.54) is 28.8 Å². The second-order valence-corrected chi connectivity index (χ2v) is 30.4. The first-order valence-electron chi connectivity index (χ1n) is 58.4. The number of aromatic nitrogens is 4. The summed E-state index contributed by atoms with van der Waals surface area (Å²) in [5, 5.41) is -10.7. The van der Waals surface area contributed by atoms with Gasteiger partial charge < -0.3 is 13.9 Å². The quantitative estimate of drug-likeness (QED) is 0.0394. The normalized spacial score (nSPS) is 19.0. The Kier molecular flexibility index (Phi) is 8.38. The molecule has 0 atom stereocenters. The first-order chi connectivity index (χ1) is 74.2. The summed E-state index contributed by atoms with van der Waals surface area (Å²) in [6, 6.07) is -32.6. The van der Waals surface area contributed by atoms with Crippen molar-refractivity contribution in [2.75, 3.05) is 0 Å². The molecule has 3 heterocycles. The molecule has 18 rings (SSSR count). The maximum Gasteiger partial charge on any atom is 0.268 e. The predicted molar refractivity (Wildman–Crippen MR) is 443 cm³/mol. The van der Waals surface area contributed by atoms with Gasteiger partial charge in [0, 0.05) is 62.2 Å². The minimum absolute atomic E-state index is 0. The van der Waals surface area contributed by atoms with Gasteiger partial charge >= 0.3 is 0 Å². The molecule has 0 fully saturated rings. The third-order valence-corrected chi connectivity index (χ3v) is 25.9. The van der Waals surface area contributed by atoms with E-state index in [4.69, 9.17) is 29.4 Å². The summed E-state index contributed by atoms with van der Waals surface area (Å²) in [6.45, 7) is -9.69. The van der Waals surface area contributed by atoms with Gasteiger partial charge in [-0.1, -0.05) is 326 Å². The minimum atomic E-state index is -7.39. The zero-order chi connectivity index (χ0) is 117. The molecule has 0 N–H and O–H groups in total. The van der Waals surface area contributed by atoms with Crippen molar-refractivity contribution in [2.24, 2.45) is 0 Å². The van der Waals surface area contributed by atoms with Gasteiger partial charge in [0.1, 0.15) is 5.82 Å². The van der Waals surface area contributed by atoms with Crippen molar-refractivity contribution in [2.45, 2.75) is 20.6 Å². The number of aryl methyl sites for hydroxylation is 3. The van der Waals surface area contributed by atoms with Crippen LogP contribution in [0.15, 0.2) is 381 Å². The number of benzene rings is 15. The first-order valence-corrected chi connectivity index (χ1v) is 35.9. The van der Waals surface area contributed by atoms with Crippen LogP contribution in [0.1, 0.15) is 89.3 Å². The molecule has 0 aliphatic rings. The Balaban J connectivity index is 0.0000172. The molecule has 514 valence electrons. The van der Waals surface area contributed by atoms with Crippen molar-refractivity contribution in [3.8, 4) is 73.2 Å². The van der Waals surface area contributed by atoms with Crippen LogP contribution in [0.3, 0.4) is 0 Å². The van der Waals surface area contributed by atoms with E-state index in [9.17, 15) is 48.0 Å². The van der Waals surface area contributed by atoms with E-state index in [-0.39, 0.29) is 55.0 Å². The SMILES string of the molecule is [2H]c1c([2H])c([2H])c(-c2cc(-c3c([2H])c([2H])c([2H])c([Si](c4c([2H])c([2H])c([2H])c([2H])c4[2H])(c4c([2H])c([2H])c([2H])c([2H])c4[2H])c4c([2H])c([2H])c([2H])c([2H])c4[2H])c3[2H])c(-[n+]3[c-]n(-c4[c-]c(Oc5[c-]c6c(cc5)c5ccccc5n6-c5cc(C([2H])([2H])[2H])c(-c6c([2H])c([2H])c([2H])c([2H])c6[2H])cn5)ccc4)c4cc(-c5c(C([2H])([2H])[2H])cccc5C([2H])([2H])[2H])ccc43)c([Si](c3c([2H])c([2H])c([2H])c([2H])c3[2H])(c3c([2H])c([2H])c([2H])c([2H])c3[2H])c3c([2H])c([2H])c([2H])c([2H])c3[2H])c2)c([2H])c1[2H].[Pt]. The maximum absolute atomic E-state index is 11.7.